The summed E-state index contributed by atoms with van der Waals surface area (Å²) in [5, 5.41) is 16.6. The van der Waals surface area contributed by atoms with E-state index in [2.05, 4.69) is 10.5 Å². The van der Waals surface area contributed by atoms with E-state index in [1.165, 1.54) is 0 Å². The average Bonchev–Trinajstić information content (AvgIpc) is 2.91. The van der Waals surface area contributed by atoms with Crippen LogP contribution in [0.25, 0.3) is 0 Å². The largest absolute Gasteiger partial charge is 0.388 e. The van der Waals surface area contributed by atoms with Gasteiger partial charge in [-0.05, 0) is 32.3 Å². The lowest BCUT2D eigenvalue weighted by Crippen LogP contribution is -2.41. The number of aliphatic hydroxyl groups is 1. The molecule has 21 heavy (non-hydrogen) atoms. The van der Waals surface area contributed by atoms with Crippen molar-refractivity contribution >= 4 is 5.91 Å². The highest BCUT2D eigenvalue weighted by Gasteiger charge is 2.22. The number of hydrogen-bond donors (Lipinski definition) is 2. The predicted octanol–water partition coefficient (Wildman–Crippen LogP) is 2.10. The first kappa shape index (κ1) is 15.3. The Bertz CT molecular complexity index is 591. The molecule has 2 N–H and O–H groups in total. The number of hydrogen-bond acceptors (Lipinski definition) is 4. The van der Waals surface area contributed by atoms with Crippen molar-refractivity contribution in [3.63, 3.8) is 0 Å². The minimum atomic E-state index is -0.968. The molecule has 1 amide bonds. The fourth-order valence-corrected chi connectivity index (χ4v) is 1.98. The summed E-state index contributed by atoms with van der Waals surface area (Å²) in [4.78, 5) is 11.8. The number of amides is 1. The van der Waals surface area contributed by atoms with Crippen LogP contribution in [0.5, 0.6) is 0 Å². The topological polar surface area (TPSA) is 75.4 Å². The Morgan fingerprint density at radius 2 is 2.10 bits per heavy atom. The number of carbonyl (C=O) groups is 1. The Hall–Kier alpha value is -2.14. The molecule has 0 aliphatic rings. The van der Waals surface area contributed by atoms with Crippen LogP contribution in [0.2, 0.25) is 0 Å². The molecule has 0 spiro atoms. The number of rotatable bonds is 6. The summed E-state index contributed by atoms with van der Waals surface area (Å²) in [7, 11) is 0. The first-order valence-corrected chi connectivity index (χ1v) is 6.94. The second-order valence-corrected chi connectivity index (χ2v) is 5.49. The van der Waals surface area contributed by atoms with E-state index in [-0.39, 0.29) is 18.1 Å². The van der Waals surface area contributed by atoms with Gasteiger partial charge in [-0.3, -0.25) is 4.79 Å². The van der Waals surface area contributed by atoms with E-state index in [0.717, 1.165) is 12.0 Å². The van der Waals surface area contributed by atoms with Gasteiger partial charge in [-0.25, -0.2) is 0 Å². The molecule has 0 saturated heterocycles. The van der Waals surface area contributed by atoms with Gasteiger partial charge in [0.2, 0.25) is 0 Å². The third-order valence-electron chi connectivity index (χ3n) is 3.29. The third-order valence-corrected chi connectivity index (χ3v) is 3.29. The van der Waals surface area contributed by atoms with Crippen molar-refractivity contribution in [3.05, 3.63) is 53.4 Å². The highest BCUT2D eigenvalue weighted by atomic mass is 16.5. The zero-order valence-corrected chi connectivity index (χ0v) is 12.3. The van der Waals surface area contributed by atoms with E-state index in [4.69, 9.17) is 4.52 Å². The normalized spacial score (nSPS) is 13.7. The summed E-state index contributed by atoms with van der Waals surface area (Å²) in [5.41, 5.74) is 0.423. The SMILES string of the molecule is Cc1cc(C(=O)NC[C@@](C)(O)CCc2ccccc2)no1. The summed E-state index contributed by atoms with van der Waals surface area (Å²) >= 11 is 0. The standard InChI is InChI=1S/C16H20N2O3/c1-12-10-14(18-21-12)15(19)17-11-16(2,20)9-8-13-6-4-3-5-7-13/h3-7,10,20H,8-9,11H2,1-2H3,(H,17,19)/t16-/m0/s1. The van der Waals surface area contributed by atoms with Crippen LogP contribution < -0.4 is 5.32 Å². The molecule has 1 aromatic carbocycles. The van der Waals surface area contributed by atoms with Gasteiger partial charge in [-0.15, -0.1) is 0 Å². The monoisotopic (exact) mass is 288 g/mol. The maximum absolute atomic E-state index is 11.8. The van der Waals surface area contributed by atoms with Crippen LogP contribution in [0.3, 0.4) is 0 Å². The number of nitrogens with one attached hydrogen (secondary N) is 1. The predicted molar refractivity (Wildman–Crippen MR) is 79.0 cm³/mol. The second kappa shape index (κ2) is 6.54. The first-order valence-electron chi connectivity index (χ1n) is 6.94. The lowest BCUT2D eigenvalue weighted by Gasteiger charge is -2.23. The highest BCUT2D eigenvalue weighted by molar-refractivity contribution is 5.92. The van der Waals surface area contributed by atoms with Gasteiger partial charge in [0.05, 0.1) is 5.60 Å². The van der Waals surface area contributed by atoms with Gasteiger partial charge < -0.3 is 14.9 Å². The van der Waals surface area contributed by atoms with E-state index < -0.39 is 5.60 Å². The molecule has 2 rings (SSSR count). The minimum Gasteiger partial charge on any atom is -0.388 e. The van der Waals surface area contributed by atoms with Gasteiger partial charge in [-0.2, -0.15) is 0 Å². The molecule has 1 atom stereocenters. The minimum absolute atomic E-state index is 0.171. The molecule has 0 bridgehead atoms. The van der Waals surface area contributed by atoms with Crippen LogP contribution in [0.15, 0.2) is 40.9 Å². The number of carbonyl (C=O) groups excluding carboxylic acids is 1. The molecule has 0 aliphatic heterocycles. The maximum atomic E-state index is 11.8. The summed E-state index contributed by atoms with van der Waals surface area (Å²) in [6.45, 7) is 3.61. The highest BCUT2D eigenvalue weighted by Crippen LogP contribution is 2.13. The molecule has 2 aromatic rings. The molecule has 0 saturated carbocycles. The van der Waals surface area contributed by atoms with Crippen LogP contribution >= 0.6 is 0 Å². The summed E-state index contributed by atoms with van der Waals surface area (Å²) < 4.78 is 4.85. The average molecular weight is 288 g/mol. The van der Waals surface area contributed by atoms with Gasteiger partial charge in [-0.1, -0.05) is 35.5 Å². The molecule has 1 heterocycles. The van der Waals surface area contributed by atoms with Crippen LogP contribution in [0.1, 0.15) is 35.2 Å². The molecule has 0 radical (unpaired) electrons. The number of benzene rings is 1. The molecule has 0 aliphatic carbocycles. The van der Waals surface area contributed by atoms with Crippen molar-refractivity contribution in [2.24, 2.45) is 0 Å². The van der Waals surface area contributed by atoms with Crippen molar-refractivity contribution in [3.8, 4) is 0 Å². The molecule has 0 unspecified atom stereocenters. The zero-order chi connectivity index (χ0) is 15.3. The van der Waals surface area contributed by atoms with Gasteiger partial charge in [0.25, 0.3) is 5.91 Å². The Morgan fingerprint density at radius 3 is 2.71 bits per heavy atom. The molecular formula is C16H20N2O3. The van der Waals surface area contributed by atoms with E-state index in [9.17, 15) is 9.90 Å². The Labute approximate surface area is 124 Å². The Balaban J connectivity index is 1.82. The molecule has 0 fully saturated rings. The fraction of sp³-hybridized carbons (Fsp3) is 0.375. The van der Waals surface area contributed by atoms with Crippen molar-refractivity contribution in [1.82, 2.24) is 10.5 Å². The molecule has 5 nitrogen and oxygen atoms in total. The lowest BCUT2D eigenvalue weighted by atomic mass is 9.97. The fourth-order valence-electron chi connectivity index (χ4n) is 1.98. The second-order valence-electron chi connectivity index (χ2n) is 5.49. The van der Waals surface area contributed by atoms with E-state index >= 15 is 0 Å². The van der Waals surface area contributed by atoms with Crippen LogP contribution in [0.4, 0.5) is 0 Å². The third kappa shape index (κ3) is 4.72. The first-order chi connectivity index (χ1) is 9.96. The van der Waals surface area contributed by atoms with Crippen LogP contribution in [-0.2, 0) is 6.42 Å². The van der Waals surface area contributed by atoms with E-state index in [1.807, 2.05) is 30.3 Å². The van der Waals surface area contributed by atoms with E-state index in [0.29, 0.717) is 12.2 Å². The van der Waals surface area contributed by atoms with Crippen molar-refractivity contribution in [2.45, 2.75) is 32.3 Å². The van der Waals surface area contributed by atoms with Crippen molar-refractivity contribution in [2.75, 3.05) is 6.54 Å². The summed E-state index contributed by atoms with van der Waals surface area (Å²) in [5.74, 6) is 0.239. The summed E-state index contributed by atoms with van der Waals surface area (Å²) in [6, 6.07) is 11.5. The number of aromatic nitrogens is 1. The quantitative estimate of drug-likeness (QED) is 0.853. The molecule has 1 aromatic heterocycles. The van der Waals surface area contributed by atoms with Crippen molar-refractivity contribution in [1.29, 1.82) is 0 Å². The van der Waals surface area contributed by atoms with Gasteiger partial charge in [0.15, 0.2) is 5.69 Å². The molecule has 112 valence electrons. The van der Waals surface area contributed by atoms with Crippen LogP contribution in [-0.4, -0.2) is 28.3 Å². The van der Waals surface area contributed by atoms with Gasteiger partial charge in [0.1, 0.15) is 5.76 Å². The number of nitrogens with zero attached hydrogens (tertiary/aromatic N) is 1. The zero-order valence-electron chi connectivity index (χ0n) is 12.3. The molecular weight excluding hydrogens is 268 g/mol. The molecule has 5 heteroatoms. The number of aryl methyl sites for hydroxylation is 2. The van der Waals surface area contributed by atoms with Crippen molar-refractivity contribution < 1.29 is 14.4 Å². The van der Waals surface area contributed by atoms with E-state index in [1.54, 1.807) is 19.9 Å². The van der Waals surface area contributed by atoms with Crippen LogP contribution in [0, 0.1) is 6.92 Å². The van der Waals surface area contributed by atoms with Gasteiger partial charge >= 0.3 is 0 Å². The smallest absolute Gasteiger partial charge is 0.273 e. The lowest BCUT2D eigenvalue weighted by molar-refractivity contribution is 0.0476. The Morgan fingerprint density at radius 1 is 1.38 bits per heavy atom. The maximum Gasteiger partial charge on any atom is 0.273 e. The summed E-state index contributed by atoms with van der Waals surface area (Å²) in [6.07, 6.45) is 1.32. The Kier molecular flexibility index (Phi) is 4.75. The van der Waals surface area contributed by atoms with Gasteiger partial charge in [0, 0.05) is 12.6 Å².